The molecule has 0 radical (unpaired) electrons. The normalized spacial score (nSPS) is 10.3. The Bertz CT molecular complexity index is 757. The van der Waals surface area contributed by atoms with E-state index in [9.17, 15) is 9.18 Å². The second-order valence-electron chi connectivity index (χ2n) is 4.30. The maximum Gasteiger partial charge on any atom is 0.275 e. The molecule has 1 N–H and O–H groups in total. The van der Waals surface area contributed by atoms with Crippen LogP contribution in [0.5, 0.6) is 0 Å². The van der Waals surface area contributed by atoms with Crippen LogP contribution in [0.25, 0.3) is 5.69 Å². The lowest BCUT2D eigenvalue weighted by Gasteiger charge is -2.09. The van der Waals surface area contributed by atoms with Gasteiger partial charge >= 0.3 is 0 Å². The van der Waals surface area contributed by atoms with Gasteiger partial charge in [0.05, 0.1) is 11.9 Å². The maximum absolute atomic E-state index is 13.8. The highest BCUT2D eigenvalue weighted by molar-refractivity contribution is 6.02. The summed E-state index contributed by atoms with van der Waals surface area (Å²) in [5, 5.41) is 2.67. The fourth-order valence-corrected chi connectivity index (χ4v) is 1.89. The van der Waals surface area contributed by atoms with Crippen molar-refractivity contribution in [2.75, 3.05) is 5.32 Å². The van der Waals surface area contributed by atoms with Gasteiger partial charge in [-0.1, -0.05) is 0 Å². The van der Waals surface area contributed by atoms with E-state index in [2.05, 4.69) is 15.3 Å². The fourth-order valence-electron chi connectivity index (χ4n) is 1.89. The highest BCUT2D eigenvalue weighted by Crippen LogP contribution is 2.19. The van der Waals surface area contributed by atoms with E-state index in [1.165, 1.54) is 30.7 Å². The molecule has 1 amide bonds. The summed E-state index contributed by atoms with van der Waals surface area (Å²) in [5.41, 5.74) is 1.04. The van der Waals surface area contributed by atoms with Gasteiger partial charge < -0.3 is 9.88 Å². The number of halogens is 1. The van der Waals surface area contributed by atoms with Crippen LogP contribution in [0.15, 0.2) is 61.3 Å². The molecule has 21 heavy (non-hydrogen) atoms. The molecule has 0 unspecified atom stereocenters. The number of benzene rings is 1. The molecule has 3 rings (SSSR count). The zero-order chi connectivity index (χ0) is 14.7. The van der Waals surface area contributed by atoms with Gasteiger partial charge in [0, 0.05) is 30.5 Å². The molecule has 0 aliphatic rings. The predicted octanol–water partition coefficient (Wildman–Crippen LogP) is 2.66. The van der Waals surface area contributed by atoms with Crippen molar-refractivity contribution in [3.8, 4) is 5.69 Å². The Hall–Kier alpha value is -3.02. The number of carbonyl (C=O) groups is 1. The summed E-state index contributed by atoms with van der Waals surface area (Å²) in [6.45, 7) is 0. The zero-order valence-electron chi connectivity index (χ0n) is 10.9. The van der Waals surface area contributed by atoms with Crippen LogP contribution in [0, 0.1) is 5.82 Å². The van der Waals surface area contributed by atoms with Crippen LogP contribution >= 0.6 is 0 Å². The number of rotatable bonds is 3. The first-order valence-electron chi connectivity index (χ1n) is 6.24. The third kappa shape index (κ3) is 2.79. The Morgan fingerprint density at radius 2 is 2.00 bits per heavy atom. The summed E-state index contributed by atoms with van der Waals surface area (Å²) in [5.74, 6) is -0.767. The summed E-state index contributed by atoms with van der Waals surface area (Å²) in [4.78, 5) is 19.7. The van der Waals surface area contributed by atoms with E-state index in [0.717, 1.165) is 0 Å². The number of hydrogen-bond acceptors (Lipinski definition) is 3. The van der Waals surface area contributed by atoms with Crippen LogP contribution in [-0.4, -0.2) is 20.4 Å². The molecule has 0 aliphatic heterocycles. The third-order valence-electron chi connectivity index (χ3n) is 2.88. The molecule has 1 aromatic carbocycles. The van der Waals surface area contributed by atoms with Gasteiger partial charge in [-0.2, -0.15) is 0 Å². The first-order valence-corrected chi connectivity index (χ1v) is 6.24. The molecule has 0 saturated carbocycles. The molecule has 0 atom stereocenters. The highest BCUT2D eigenvalue weighted by Gasteiger charge is 2.10. The maximum atomic E-state index is 13.8. The number of nitrogens with zero attached hydrogens (tertiary/aromatic N) is 3. The molecule has 6 heteroatoms. The van der Waals surface area contributed by atoms with E-state index < -0.39 is 5.91 Å². The first kappa shape index (κ1) is 13.0. The van der Waals surface area contributed by atoms with Crippen molar-refractivity contribution >= 4 is 11.6 Å². The van der Waals surface area contributed by atoms with Crippen molar-refractivity contribution in [3.05, 3.63) is 72.8 Å². The number of amides is 1. The minimum atomic E-state index is -0.395. The predicted molar refractivity (Wildman–Crippen MR) is 75.7 cm³/mol. The molecular formula is C15H11FN4O. The van der Waals surface area contributed by atoms with E-state index in [1.807, 2.05) is 0 Å². The van der Waals surface area contributed by atoms with Gasteiger partial charge in [-0.25, -0.2) is 9.37 Å². The molecule has 0 spiro atoms. The summed E-state index contributed by atoms with van der Waals surface area (Å²) in [6, 6.07) is 7.95. The number of hydrogen-bond donors (Lipinski definition) is 1. The zero-order valence-corrected chi connectivity index (χ0v) is 10.9. The molecule has 5 nitrogen and oxygen atoms in total. The Morgan fingerprint density at radius 1 is 1.19 bits per heavy atom. The topological polar surface area (TPSA) is 59.8 Å². The Morgan fingerprint density at radius 3 is 2.71 bits per heavy atom. The lowest BCUT2D eigenvalue weighted by Crippen LogP contribution is -2.14. The van der Waals surface area contributed by atoms with Crippen molar-refractivity contribution in [1.29, 1.82) is 0 Å². The van der Waals surface area contributed by atoms with Gasteiger partial charge in [0.2, 0.25) is 0 Å². The van der Waals surface area contributed by atoms with Crippen LogP contribution in [0.3, 0.4) is 0 Å². The van der Waals surface area contributed by atoms with E-state index in [-0.39, 0.29) is 11.5 Å². The molecule has 0 bridgehead atoms. The van der Waals surface area contributed by atoms with E-state index in [1.54, 1.807) is 35.2 Å². The molecule has 0 fully saturated rings. The van der Waals surface area contributed by atoms with Crippen LogP contribution in [-0.2, 0) is 0 Å². The van der Waals surface area contributed by atoms with Gasteiger partial charge in [-0.05, 0) is 30.3 Å². The van der Waals surface area contributed by atoms with E-state index >= 15 is 0 Å². The smallest absolute Gasteiger partial charge is 0.275 e. The lowest BCUT2D eigenvalue weighted by molar-refractivity contribution is 0.102. The molecule has 2 aromatic heterocycles. The summed E-state index contributed by atoms with van der Waals surface area (Å²) in [6.07, 6.45) is 7.74. The number of anilines is 1. The summed E-state index contributed by atoms with van der Waals surface area (Å²) < 4.78 is 15.5. The third-order valence-corrected chi connectivity index (χ3v) is 2.88. The highest BCUT2D eigenvalue weighted by atomic mass is 19.1. The second-order valence-corrected chi connectivity index (χ2v) is 4.30. The van der Waals surface area contributed by atoms with Gasteiger partial charge in [0.15, 0.2) is 0 Å². The van der Waals surface area contributed by atoms with Crippen LogP contribution in [0.2, 0.25) is 0 Å². The van der Waals surface area contributed by atoms with Crippen molar-refractivity contribution in [2.24, 2.45) is 0 Å². The van der Waals surface area contributed by atoms with Gasteiger partial charge in [-0.15, -0.1) is 0 Å². The Kier molecular flexibility index (Phi) is 3.42. The van der Waals surface area contributed by atoms with Crippen LogP contribution in [0.1, 0.15) is 10.5 Å². The van der Waals surface area contributed by atoms with Gasteiger partial charge in [0.1, 0.15) is 11.5 Å². The number of aromatic nitrogens is 3. The summed E-state index contributed by atoms with van der Waals surface area (Å²) in [7, 11) is 0. The molecule has 0 aliphatic carbocycles. The van der Waals surface area contributed by atoms with Gasteiger partial charge in [-0.3, -0.25) is 9.78 Å². The van der Waals surface area contributed by atoms with Crippen LogP contribution in [0.4, 0.5) is 10.1 Å². The average Bonchev–Trinajstić information content (AvgIpc) is 3.04. The van der Waals surface area contributed by atoms with Crippen molar-refractivity contribution < 1.29 is 9.18 Å². The van der Waals surface area contributed by atoms with E-state index in [0.29, 0.717) is 11.4 Å². The number of nitrogens with one attached hydrogen (secondary N) is 1. The quantitative estimate of drug-likeness (QED) is 0.803. The standard InChI is InChI=1S/C15H11FN4O/c16-12-4-3-11(9-14(12)20-7-1-2-8-20)19-15(21)13-10-17-5-6-18-13/h1-10H,(H,19,21). The second kappa shape index (κ2) is 5.54. The largest absolute Gasteiger partial charge is 0.321 e. The van der Waals surface area contributed by atoms with Crippen molar-refractivity contribution in [1.82, 2.24) is 14.5 Å². The molecule has 3 aromatic rings. The molecular weight excluding hydrogens is 271 g/mol. The monoisotopic (exact) mass is 282 g/mol. The Balaban J connectivity index is 1.87. The van der Waals surface area contributed by atoms with Crippen molar-refractivity contribution in [3.63, 3.8) is 0 Å². The minimum absolute atomic E-state index is 0.198. The number of carbonyl (C=O) groups excluding carboxylic acids is 1. The molecule has 104 valence electrons. The summed E-state index contributed by atoms with van der Waals surface area (Å²) >= 11 is 0. The average molecular weight is 282 g/mol. The van der Waals surface area contributed by atoms with E-state index in [4.69, 9.17) is 0 Å². The van der Waals surface area contributed by atoms with Crippen molar-refractivity contribution in [2.45, 2.75) is 0 Å². The minimum Gasteiger partial charge on any atom is -0.321 e. The molecule has 0 saturated heterocycles. The van der Waals surface area contributed by atoms with Gasteiger partial charge in [0.25, 0.3) is 5.91 Å². The van der Waals surface area contributed by atoms with Crippen LogP contribution < -0.4 is 5.32 Å². The lowest BCUT2D eigenvalue weighted by atomic mass is 10.2. The fraction of sp³-hybridized carbons (Fsp3) is 0. The molecule has 2 heterocycles. The Labute approximate surface area is 120 Å². The first-order chi connectivity index (χ1) is 10.2. The SMILES string of the molecule is O=C(Nc1ccc(F)c(-n2cccc2)c1)c1cnccn1.